The van der Waals surface area contributed by atoms with Crippen LogP contribution in [0, 0.1) is 0 Å². The lowest BCUT2D eigenvalue weighted by Gasteiger charge is -2.31. The van der Waals surface area contributed by atoms with Gasteiger partial charge in [-0.2, -0.15) is 5.10 Å². The number of nitrogens with zero attached hydrogens (tertiary/aromatic N) is 3. The van der Waals surface area contributed by atoms with E-state index in [9.17, 15) is 0 Å². The molecular formula is C15H22N4S. The van der Waals surface area contributed by atoms with Crippen molar-refractivity contribution in [3.05, 3.63) is 34.0 Å². The number of rotatable bonds is 5. The summed E-state index contributed by atoms with van der Waals surface area (Å²) in [6.45, 7) is 3.18. The Bertz CT molecular complexity index is 560. The van der Waals surface area contributed by atoms with Crippen LogP contribution in [0.4, 0.5) is 0 Å². The number of likely N-dealkylation sites (N-methyl/N-ethyl adjacent to an activating group) is 1. The number of hydrogen-bond donors (Lipinski definition) is 1. The van der Waals surface area contributed by atoms with Crippen molar-refractivity contribution in [2.75, 3.05) is 6.54 Å². The Morgan fingerprint density at radius 3 is 3.20 bits per heavy atom. The minimum absolute atomic E-state index is 0.455. The largest absolute Gasteiger partial charge is 0.313 e. The molecule has 2 unspecified atom stereocenters. The maximum absolute atomic E-state index is 4.39. The molecule has 2 aromatic heterocycles. The SMILES string of the molecule is CCNC(Cc1ncnn1C)C1CCCc2sccc21. The van der Waals surface area contributed by atoms with E-state index in [0.717, 1.165) is 18.8 Å². The summed E-state index contributed by atoms with van der Waals surface area (Å²) in [5.74, 6) is 1.68. The van der Waals surface area contributed by atoms with E-state index in [0.29, 0.717) is 12.0 Å². The lowest BCUT2D eigenvalue weighted by Crippen LogP contribution is -2.38. The molecule has 0 saturated carbocycles. The summed E-state index contributed by atoms with van der Waals surface area (Å²) in [7, 11) is 1.97. The van der Waals surface area contributed by atoms with Crippen molar-refractivity contribution in [1.29, 1.82) is 0 Å². The van der Waals surface area contributed by atoms with E-state index >= 15 is 0 Å². The van der Waals surface area contributed by atoms with E-state index in [1.165, 1.54) is 19.3 Å². The zero-order chi connectivity index (χ0) is 13.9. The first-order valence-electron chi connectivity index (χ1n) is 7.42. The normalized spacial score (nSPS) is 19.8. The molecule has 5 heteroatoms. The van der Waals surface area contributed by atoms with E-state index in [4.69, 9.17) is 0 Å². The first kappa shape index (κ1) is 13.8. The fraction of sp³-hybridized carbons (Fsp3) is 0.600. The fourth-order valence-corrected chi connectivity index (χ4v) is 4.26. The van der Waals surface area contributed by atoms with Gasteiger partial charge in [0, 0.05) is 30.3 Å². The van der Waals surface area contributed by atoms with Crippen molar-refractivity contribution in [3.63, 3.8) is 0 Å². The summed E-state index contributed by atoms with van der Waals surface area (Å²) >= 11 is 1.91. The molecule has 0 radical (unpaired) electrons. The Labute approximate surface area is 124 Å². The first-order valence-corrected chi connectivity index (χ1v) is 8.30. The number of fused-ring (bicyclic) bond motifs is 1. The van der Waals surface area contributed by atoms with Crippen LogP contribution in [0.3, 0.4) is 0 Å². The minimum Gasteiger partial charge on any atom is -0.313 e. The molecule has 1 aliphatic carbocycles. The highest BCUT2D eigenvalue weighted by molar-refractivity contribution is 7.10. The molecule has 0 amide bonds. The predicted molar refractivity (Wildman–Crippen MR) is 82.2 cm³/mol. The molecule has 0 aromatic carbocycles. The molecule has 1 N–H and O–H groups in total. The van der Waals surface area contributed by atoms with Gasteiger partial charge < -0.3 is 5.32 Å². The number of aromatic nitrogens is 3. The summed E-state index contributed by atoms with van der Waals surface area (Å²) in [6.07, 6.45) is 6.43. The fourth-order valence-electron chi connectivity index (χ4n) is 3.26. The summed E-state index contributed by atoms with van der Waals surface area (Å²) in [4.78, 5) is 5.98. The molecule has 2 atom stereocenters. The monoisotopic (exact) mass is 290 g/mol. The second-order valence-electron chi connectivity index (χ2n) is 5.47. The van der Waals surface area contributed by atoms with Crippen LogP contribution in [0.2, 0.25) is 0 Å². The average Bonchev–Trinajstić information content (AvgIpc) is 3.07. The first-order chi connectivity index (χ1) is 9.79. The topological polar surface area (TPSA) is 42.7 Å². The van der Waals surface area contributed by atoms with Gasteiger partial charge in [-0.15, -0.1) is 11.3 Å². The van der Waals surface area contributed by atoms with E-state index in [1.807, 2.05) is 23.1 Å². The molecular weight excluding hydrogens is 268 g/mol. The van der Waals surface area contributed by atoms with Gasteiger partial charge in [0.1, 0.15) is 12.2 Å². The molecule has 4 nitrogen and oxygen atoms in total. The van der Waals surface area contributed by atoms with Crippen LogP contribution in [-0.2, 0) is 19.9 Å². The van der Waals surface area contributed by atoms with Gasteiger partial charge in [-0.05, 0) is 42.8 Å². The highest BCUT2D eigenvalue weighted by atomic mass is 32.1. The van der Waals surface area contributed by atoms with Gasteiger partial charge in [0.15, 0.2) is 0 Å². The Kier molecular flexibility index (Phi) is 4.17. The Morgan fingerprint density at radius 1 is 1.55 bits per heavy atom. The van der Waals surface area contributed by atoms with Crippen LogP contribution >= 0.6 is 11.3 Å². The van der Waals surface area contributed by atoms with Crippen LogP contribution in [0.5, 0.6) is 0 Å². The molecule has 3 rings (SSSR count). The average molecular weight is 290 g/mol. The third-order valence-electron chi connectivity index (χ3n) is 4.26. The van der Waals surface area contributed by atoms with Crippen molar-refractivity contribution in [2.45, 2.75) is 44.6 Å². The van der Waals surface area contributed by atoms with E-state index in [-0.39, 0.29) is 0 Å². The highest BCUT2D eigenvalue weighted by Crippen LogP contribution is 2.37. The van der Waals surface area contributed by atoms with E-state index in [2.05, 4.69) is 33.8 Å². The quantitative estimate of drug-likeness (QED) is 0.920. The molecule has 0 saturated heterocycles. The molecule has 0 spiro atoms. The zero-order valence-corrected chi connectivity index (χ0v) is 13.0. The van der Waals surface area contributed by atoms with Gasteiger partial charge >= 0.3 is 0 Å². The van der Waals surface area contributed by atoms with Crippen molar-refractivity contribution in [2.24, 2.45) is 7.05 Å². The molecule has 0 bridgehead atoms. The number of nitrogens with one attached hydrogen (secondary N) is 1. The Hall–Kier alpha value is -1.20. The summed E-state index contributed by atoms with van der Waals surface area (Å²) in [5, 5.41) is 10.1. The summed E-state index contributed by atoms with van der Waals surface area (Å²) in [5.41, 5.74) is 1.56. The Morgan fingerprint density at radius 2 is 2.45 bits per heavy atom. The number of thiophene rings is 1. The second-order valence-corrected chi connectivity index (χ2v) is 6.47. The van der Waals surface area contributed by atoms with Crippen molar-refractivity contribution in [1.82, 2.24) is 20.1 Å². The van der Waals surface area contributed by atoms with Gasteiger partial charge in [-0.1, -0.05) is 6.92 Å². The van der Waals surface area contributed by atoms with Gasteiger partial charge in [-0.3, -0.25) is 4.68 Å². The van der Waals surface area contributed by atoms with E-state index in [1.54, 1.807) is 16.8 Å². The zero-order valence-electron chi connectivity index (χ0n) is 12.2. The maximum atomic E-state index is 4.39. The molecule has 2 heterocycles. The van der Waals surface area contributed by atoms with Gasteiger partial charge in [0.2, 0.25) is 0 Å². The van der Waals surface area contributed by atoms with Crippen LogP contribution in [0.25, 0.3) is 0 Å². The van der Waals surface area contributed by atoms with Crippen LogP contribution < -0.4 is 5.32 Å². The lowest BCUT2D eigenvalue weighted by atomic mass is 9.81. The van der Waals surface area contributed by atoms with Gasteiger partial charge in [0.05, 0.1) is 0 Å². The van der Waals surface area contributed by atoms with Crippen molar-refractivity contribution in [3.8, 4) is 0 Å². The summed E-state index contributed by atoms with van der Waals surface area (Å²) < 4.78 is 1.89. The smallest absolute Gasteiger partial charge is 0.138 e. The van der Waals surface area contributed by atoms with Gasteiger partial charge in [-0.25, -0.2) is 4.98 Å². The highest BCUT2D eigenvalue weighted by Gasteiger charge is 2.29. The minimum atomic E-state index is 0.455. The number of aryl methyl sites for hydroxylation is 2. The third kappa shape index (κ3) is 2.65. The van der Waals surface area contributed by atoms with Crippen LogP contribution in [0.15, 0.2) is 17.8 Å². The van der Waals surface area contributed by atoms with Crippen LogP contribution in [-0.4, -0.2) is 27.4 Å². The predicted octanol–water partition coefficient (Wildman–Crippen LogP) is 2.52. The van der Waals surface area contributed by atoms with Crippen molar-refractivity contribution >= 4 is 11.3 Å². The number of hydrogen-bond acceptors (Lipinski definition) is 4. The molecule has 0 fully saturated rings. The van der Waals surface area contributed by atoms with Gasteiger partial charge in [0.25, 0.3) is 0 Å². The molecule has 1 aliphatic rings. The molecule has 0 aliphatic heterocycles. The molecule has 2 aromatic rings. The Balaban J connectivity index is 1.83. The van der Waals surface area contributed by atoms with E-state index < -0.39 is 0 Å². The summed E-state index contributed by atoms with van der Waals surface area (Å²) in [6, 6.07) is 2.78. The standard InChI is InChI=1S/C15H22N4S/c1-3-16-13(9-15-17-10-18-19(15)2)11-5-4-6-14-12(11)7-8-20-14/h7-8,10-11,13,16H,3-6,9H2,1-2H3. The van der Waals surface area contributed by atoms with Crippen molar-refractivity contribution < 1.29 is 0 Å². The van der Waals surface area contributed by atoms with Crippen LogP contribution in [0.1, 0.15) is 41.9 Å². The molecule has 108 valence electrons. The second kappa shape index (κ2) is 6.06. The maximum Gasteiger partial charge on any atom is 0.138 e. The lowest BCUT2D eigenvalue weighted by molar-refractivity contribution is 0.389. The third-order valence-corrected chi connectivity index (χ3v) is 5.25. The molecule has 20 heavy (non-hydrogen) atoms.